The van der Waals surface area contributed by atoms with E-state index in [1.165, 1.54) is 12.5 Å². The maximum Gasteiger partial charge on any atom is 0.161 e. The quantitative estimate of drug-likeness (QED) is 0.669. The SMILES string of the molecule is CCN(Cc1ccncc1)c1ccc(N)c(C(C)=O)c1. The van der Waals surface area contributed by atoms with Crippen LogP contribution in [-0.2, 0) is 6.54 Å². The van der Waals surface area contributed by atoms with Crippen LogP contribution in [0.1, 0.15) is 29.8 Å². The van der Waals surface area contributed by atoms with Crippen molar-refractivity contribution in [3.8, 4) is 0 Å². The largest absolute Gasteiger partial charge is 0.398 e. The Balaban J connectivity index is 2.28. The number of anilines is 2. The summed E-state index contributed by atoms with van der Waals surface area (Å²) in [6.45, 7) is 5.25. The van der Waals surface area contributed by atoms with E-state index in [0.717, 1.165) is 18.8 Å². The summed E-state index contributed by atoms with van der Waals surface area (Å²) in [6.07, 6.45) is 3.57. The number of pyridine rings is 1. The van der Waals surface area contributed by atoms with Gasteiger partial charge in [-0.25, -0.2) is 0 Å². The number of nitrogens with zero attached hydrogens (tertiary/aromatic N) is 2. The minimum Gasteiger partial charge on any atom is -0.398 e. The average Bonchev–Trinajstić information content (AvgIpc) is 2.46. The van der Waals surface area contributed by atoms with Gasteiger partial charge >= 0.3 is 0 Å². The second kappa shape index (κ2) is 6.19. The zero-order valence-electron chi connectivity index (χ0n) is 11.8. The molecule has 0 radical (unpaired) electrons. The summed E-state index contributed by atoms with van der Waals surface area (Å²) in [5.74, 6) is -0.00989. The monoisotopic (exact) mass is 269 g/mol. The highest BCUT2D eigenvalue weighted by atomic mass is 16.1. The molecule has 2 aromatic rings. The summed E-state index contributed by atoms with van der Waals surface area (Å²) in [7, 11) is 0. The molecule has 0 aliphatic carbocycles. The van der Waals surface area contributed by atoms with Crippen molar-refractivity contribution >= 4 is 17.2 Å². The third-order valence-electron chi connectivity index (χ3n) is 3.29. The Hall–Kier alpha value is -2.36. The number of hydrogen-bond donors (Lipinski definition) is 1. The summed E-state index contributed by atoms with van der Waals surface area (Å²) in [5, 5.41) is 0. The average molecular weight is 269 g/mol. The molecule has 0 amide bonds. The first-order chi connectivity index (χ1) is 9.61. The van der Waals surface area contributed by atoms with Gasteiger partial charge in [-0.1, -0.05) is 0 Å². The van der Waals surface area contributed by atoms with Crippen molar-refractivity contribution in [2.45, 2.75) is 20.4 Å². The molecular weight excluding hydrogens is 250 g/mol. The number of aromatic nitrogens is 1. The van der Waals surface area contributed by atoms with Crippen LogP contribution in [0.5, 0.6) is 0 Å². The van der Waals surface area contributed by atoms with Gasteiger partial charge in [0.05, 0.1) is 0 Å². The molecule has 1 heterocycles. The van der Waals surface area contributed by atoms with Gasteiger partial charge in [0.25, 0.3) is 0 Å². The highest BCUT2D eigenvalue weighted by molar-refractivity contribution is 6.00. The van der Waals surface area contributed by atoms with Crippen molar-refractivity contribution in [2.24, 2.45) is 0 Å². The van der Waals surface area contributed by atoms with Gasteiger partial charge in [-0.05, 0) is 49.7 Å². The molecule has 0 atom stereocenters. The van der Waals surface area contributed by atoms with Crippen LogP contribution in [-0.4, -0.2) is 17.3 Å². The fourth-order valence-corrected chi connectivity index (χ4v) is 2.14. The van der Waals surface area contributed by atoms with Gasteiger partial charge < -0.3 is 10.6 Å². The molecule has 0 unspecified atom stereocenters. The number of Topliss-reactive ketones (excluding diaryl/α,β-unsaturated/α-hetero) is 1. The van der Waals surface area contributed by atoms with Crippen LogP contribution in [0.2, 0.25) is 0 Å². The molecule has 104 valence electrons. The lowest BCUT2D eigenvalue weighted by molar-refractivity contribution is 0.101. The highest BCUT2D eigenvalue weighted by Crippen LogP contribution is 2.23. The van der Waals surface area contributed by atoms with Crippen LogP contribution in [0, 0.1) is 0 Å². The predicted octanol–water partition coefficient (Wildman–Crippen LogP) is 2.89. The molecular formula is C16H19N3O. The standard InChI is InChI=1S/C16H19N3O/c1-3-19(11-13-6-8-18-9-7-13)14-4-5-16(17)15(10-14)12(2)20/h4-10H,3,11,17H2,1-2H3. The van der Waals surface area contributed by atoms with Crippen molar-refractivity contribution in [1.29, 1.82) is 0 Å². The normalized spacial score (nSPS) is 10.3. The van der Waals surface area contributed by atoms with Crippen LogP contribution < -0.4 is 10.6 Å². The number of carbonyl (C=O) groups is 1. The fourth-order valence-electron chi connectivity index (χ4n) is 2.14. The number of nitrogens with two attached hydrogens (primary N) is 1. The second-order valence-corrected chi connectivity index (χ2v) is 4.70. The van der Waals surface area contributed by atoms with Gasteiger partial charge in [0.2, 0.25) is 0 Å². The first-order valence-electron chi connectivity index (χ1n) is 6.66. The minimum absolute atomic E-state index is 0.00989. The Kier molecular flexibility index (Phi) is 4.35. The number of rotatable bonds is 5. The zero-order valence-corrected chi connectivity index (χ0v) is 11.8. The number of carbonyl (C=O) groups excluding carboxylic acids is 1. The number of benzene rings is 1. The van der Waals surface area contributed by atoms with E-state index in [9.17, 15) is 4.79 Å². The fraction of sp³-hybridized carbons (Fsp3) is 0.250. The van der Waals surface area contributed by atoms with Crippen LogP contribution in [0.15, 0.2) is 42.7 Å². The molecule has 1 aromatic carbocycles. The van der Waals surface area contributed by atoms with Crippen molar-refractivity contribution in [3.05, 3.63) is 53.9 Å². The van der Waals surface area contributed by atoms with Gasteiger partial charge in [-0.2, -0.15) is 0 Å². The van der Waals surface area contributed by atoms with E-state index in [0.29, 0.717) is 11.3 Å². The van der Waals surface area contributed by atoms with Gasteiger partial charge in [0.15, 0.2) is 5.78 Å². The van der Waals surface area contributed by atoms with E-state index in [4.69, 9.17) is 5.73 Å². The van der Waals surface area contributed by atoms with Crippen molar-refractivity contribution in [2.75, 3.05) is 17.2 Å². The number of nitrogen functional groups attached to an aromatic ring is 1. The molecule has 2 N–H and O–H groups in total. The zero-order chi connectivity index (χ0) is 14.5. The molecule has 1 aromatic heterocycles. The van der Waals surface area contributed by atoms with Gasteiger partial charge in [-0.15, -0.1) is 0 Å². The Bertz CT molecular complexity index is 596. The van der Waals surface area contributed by atoms with Gasteiger partial charge in [-0.3, -0.25) is 9.78 Å². The Morgan fingerprint density at radius 1 is 1.25 bits per heavy atom. The molecule has 0 bridgehead atoms. The van der Waals surface area contributed by atoms with Crippen LogP contribution in [0.25, 0.3) is 0 Å². The van der Waals surface area contributed by atoms with E-state index < -0.39 is 0 Å². The Morgan fingerprint density at radius 2 is 1.95 bits per heavy atom. The third-order valence-corrected chi connectivity index (χ3v) is 3.29. The molecule has 4 nitrogen and oxygen atoms in total. The second-order valence-electron chi connectivity index (χ2n) is 4.70. The smallest absolute Gasteiger partial charge is 0.161 e. The lowest BCUT2D eigenvalue weighted by atomic mass is 10.1. The summed E-state index contributed by atoms with van der Waals surface area (Å²) < 4.78 is 0. The Labute approximate surface area is 119 Å². The van der Waals surface area contributed by atoms with E-state index in [2.05, 4.69) is 16.8 Å². The molecule has 0 aliphatic rings. The number of ketones is 1. The lowest BCUT2D eigenvalue weighted by Gasteiger charge is -2.24. The van der Waals surface area contributed by atoms with E-state index in [1.807, 2.05) is 24.3 Å². The maximum absolute atomic E-state index is 11.6. The molecule has 0 saturated heterocycles. The number of hydrogen-bond acceptors (Lipinski definition) is 4. The Morgan fingerprint density at radius 3 is 2.55 bits per heavy atom. The molecule has 0 fully saturated rings. The van der Waals surface area contributed by atoms with E-state index >= 15 is 0 Å². The van der Waals surface area contributed by atoms with Gasteiger partial charge in [0.1, 0.15) is 0 Å². The van der Waals surface area contributed by atoms with E-state index in [1.54, 1.807) is 18.5 Å². The summed E-state index contributed by atoms with van der Waals surface area (Å²) in [4.78, 5) is 17.8. The summed E-state index contributed by atoms with van der Waals surface area (Å²) in [5.41, 5.74) is 9.13. The first kappa shape index (κ1) is 14.1. The minimum atomic E-state index is -0.00989. The maximum atomic E-state index is 11.6. The molecule has 0 saturated carbocycles. The topological polar surface area (TPSA) is 59.2 Å². The third kappa shape index (κ3) is 3.15. The van der Waals surface area contributed by atoms with E-state index in [-0.39, 0.29) is 5.78 Å². The van der Waals surface area contributed by atoms with Gasteiger partial charge in [0, 0.05) is 42.4 Å². The van der Waals surface area contributed by atoms with Crippen molar-refractivity contribution < 1.29 is 4.79 Å². The summed E-state index contributed by atoms with van der Waals surface area (Å²) in [6, 6.07) is 9.59. The van der Waals surface area contributed by atoms with Crippen LogP contribution >= 0.6 is 0 Å². The molecule has 20 heavy (non-hydrogen) atoms. The summed E-state index contributed by atoms with van der Waals surface area (Å²) >= 11 is 0. The molecule has 2 rings (SSSR count). The van der Waals surface area contributed by atoms with Crippen LogP contribution in [0.3, 0.4) is 0 Å². The molecule has 4 heteroatoms. The van der Waals surface area contributed by atoms with Crippen molar-refractivity contribution in [3.63, 3.8) is 0 Å². The molecule has 0 aliphatic heterocycles. The molecule has 0 spiro atoms. The predicted molar refractivity (Wildman–Crippen MR) is 81.8 cm³/mol. The van der Waals surface area contributed by atoms with Crippen LogP contribution in [0.4, 0.5) is 11.4 Å². The highest BCUT2D eigenvalue weighted by Gasteiger charge is 2.10. The lowest BCUT2D eigenvalue weighted by Crippen LogP contribution is -2.22. The first-order valence-corrected chi connectivity index (χ1v) is 6.66. The van der Waals surface area contributed by atoms with Crippen molar-refractivity contribution in [1.82, 2.24) is 4.98 Å².